The Balaban J connectivity index is 2.19. The predicted molar refractivity (Wildman–Crippen MR) is 90.7 cm³/mol. The van der Waals surface area contributed by atoms with Crippen molar-refractivity contribution in [1.29, 1.82) is 0 Å². The molecule has 112 valence electrons. The topological polar surface area (TPSA) is 30.5 Å². The van der Waals surface area contributed by atoms with Crippen molar-refractivity contribution in [2.75, 3.05) is 19.5 Å². The minimum Gasteiger partial charge on any atom is -0.493 e. The lowest BCUT2D eigenvalue weighted by molar-refractivity contribution is 0.354. The van der Waals surface area contributed by atoms with E-state index in [2.05, 4.69) is 28.2 Å². The zero-order chi connectivity index (χ0) is 15.4. The fourth-order valence-electron chi connectivity index (χ4n) is 2.04. The number of nitrogens with one attached hydrogen (secondary N) is 1. The SMILES string of the molecule is COc1ccc(C(C)Nc2ccc(Br)c(Cl)c2)cc1OC. The molecule has 3 nitrogen and oxygen atoms in total. The molecule has 0 aliphatic heterocycles. The number of hydrogen-bond acceptors (Lipinski definition) is 3. The molecule has 1 atom stereocenters. The first-order valence-corrected chi connectivity index (χ1v) is 7.65. The van der Waals surface area contributed by atoms with Gasteiger partial charge in [0, 0.05) is 16.2 Å². The summed E-state index contributed by atoms with van der Waals surface area (Å²) in [7, 11) is 3.26. The van der Waals surface area contributed by atoms with E-state index in [9.17, 15) is 0 Å². The lowest BCUT2D eigenvalue weighted by Gasteiger charge is -2.18. The van der Waals surface area contributed by atoms with E-state index in [1.165, 1.54) is 0 Å². The lowest BCUT2D eigenvalue weighted by atomic mass is 10.1. The maximum absolute atomic E-state index is 6.11. The first kappa shape index (κ1) is 16.0. The molecule has 0 amide bonds. The zero-order valence-electron chi connectivity index (χ0n) is 12.1. The van der Waals surface area contributed by atoms with Crippen LogP contribution in [0.1, 0.15) is 18.5 Å². The average molecular weight is 371 g/mol. The van der Waals surface area contributed by atoms with Crippen LogP contribution >= 0.6 is 27.5 Å². The Hall–Kier alpha value is -1.39. The van der Waals surface area contributed by atoms with Crippen molar-refractivity contribution in [3.8, 4) is 11.5 Å². The number of halogens is 2. The van der Waals surface area contributed by atoms with Crippen LogP contribution in [0.25, 0.3) is 0 Å². The summed E-state index contributed by atoms with van der Waals surface area (Å²) in [5, 5.41) is 4.09. The minimum absolute atomic E-state index is 0.113. The van der Waals surface area contributed by atoms with Gasteiger partial charge in [-0.05, 0) is 58.7 Å². The Morgan fingerprint density at radius 3 is 2.38 bits per heavy atom. The molecule has 0 spiro atoms. The molecule has 1 N–H and O–H groups in total. The Kier molecular flexibility index (Phi) is 5.37. The van der Waals surface area contributed by atoms with Crippen LogP contribution in [0, 0.1) is 0 Å². The summed E-state index contributed by atoms with van der Waals surface area (Å²) >= 11 is 9.49. The molecule has 5 heteroatoms. The first-order chi connectivity index (χ1) is 10.0. The van der Waals surface area contributed by atoms with E-state index >= 15 is 0 Å². The summed E-state index contributed by atoms with van der Waals surface area (Å²) in [6, 6.07) is 11.8. The molecule has 2 aromatic carbocycles. The van der Waals surface area contributed by atoms with E-state index in [1.807, 2.05) is 36.4 Å². The van der Waals surface area contributed by atoms with Crippen molar-refractivity contribution in [2.45, 2.75) is 13.0 Å². The Labute approximate surface area is 138 Å². The number of rotatable bonds is 5. The van der Waals surface area contributed by atoms with Crippen molar-refractivity contribution in [1.82, 2.24) is 0 Å². The summed E-state index contributed by atoms with van der Waals surface area (Å²) in [6.45, 7) is 2.08. The zero-order valence-corrected chi connectivity index (χ0v) is 14.5. The maximum atomic E-state index is 6.11. The number of anilines is 1. The summed E-state index contributed by atoms with van der Waals surface area (Å²) < 4.78 is 11.5. The van der Waals surface area contributed by atoms with E-state index in [0.29, 0.717) is 5.02 Å². The molecule has 2 aromatic rings. The second-order valence-electron chi connectivity index (χ2n) is 4.61. The van der Waals surface area contributed by atoms with E-state index in [1.54, 1.807) is 14.2 Å². The minimum atomic E-state index is 0.113. The van der Waals surface area contributed by atoms with Gasteiger partial charge in [-0.3, -0.25) is 0 Å². The van der Waals surface area contributed by atoms with Crippen LogP contribution in [0.2, 0.25) is 5.02 Å². The van der Waals surface area contributed by atoms with E-state index in [4.69, 9.17) is 21.1 Å². The van der Waals surface area contributed by atoms with Gasteiger partial charge in [0.1, 0.15) is 0 Å². The highest BCUT2D eigenvalue weighted by Gasteiger charge is 2.10. The van der Waals surface area contributed by atoms with Gasteiger partial charge in [-0.25, -0.2) is 0 Å². The molecule has 1 unspecified atom stereocenters. The molecule has 0 heterocycles. The number of methoxy groups -OCH3 is 2. The van der Waals surface area contributed by atoms with Crippen molar-refractivity contribution in [3.63, 3.8) is 0 Å². The van der Waals surface area contributed by atoms with Crippen LogP contribution in [-0.4, -0.2) is 14.2 Å². The van der Waals surface area contributed by atoms with E-state index in [-0.39, 0.29) is 6.04 Å². The third-order valence-corrected chi connectivity index (χ3v) is 4.44. The Morgan fingerprint density at radius 1 is 1.05 bits per heavy atom. The molecular weight excluding hydrogens is 354 g/mol. The van der Waals surface area contributed by atoms with E-state index in [0.717, 1.165) is 27.2 Å². The largest absolute Gasteiger partial charge is 0.493 e. The second kappa shape index (κ2) is 7.05. The molecule has 21 heavy (non-hydrogen) atoms. The lowest BCUT2D eigenvalue weighted by Crippen LogP contribution is -2.07. The molecule has 0 aliphatic carbocycles. The van der Waals surface area contributed by atoms with Crippen LogP contribution in [0.5, 0.6) is 11.5 Å². The quantitative estimate of drug-likeness (QED) is 0.775. The highest BCUT2D eigenvalue weighted by atomic mass is 79.9. The molecule has 0 bridgehead atoms. The maximum Gasteiger partial charge on any atom is 0.161 e. The van der Waals surface area contributed by atoms with Gasteiger partial charge in [-0.1, -0.05) is 17.7 Å². The second-order valence-corrected chi connectivity index (χ2v) is 5.87. The van der Waals surface area contributed by atoms with Gasteiger partial charge in [-0.15, -0.1) is 0 Å². The molecular formula is C16H17BrClNO2. The van der Waals surface area contributed by atoms with Gasteiger partial charge < -0.3 is 14.8 Å². The third kappa shape index (κ3) is 3.83. The Morgan fingerprint density at radius 2 is 1.76 bits per heavy atom. The van der Waals surface area contributed by atoms with Crippen LogP contribution in [-0.2, 0) is 0 Å². The molecule has 0 radical (unpaired) electrons. The number of hydrogen-bond donors (Lipinski definition) is 1. The van der Waals surface area contributed by atoms with Crippen LogP contribution < -0.4 is 14.8 Å². The molecule has 2 rings (SSSR count). The number of benzene rings is 2. The summed E-state index contributed by atoms with van der Waals surface area (Å²) in [4.78, 5) is 0. The predicted octanol–water partition coefficient (Wildman–Crippen LogP) is 5.29. The molecule has 0 fully saturated rings. The smallest absolute Gasteiger partial charge is 0.161 e. The first-order valence-electron chi connectivity index (χ1n) is 6.48. The standard InChI is InChI=1S/C16H17BrClNO2/c1-10(19-12-5-6-13(17)14(18)9-12)11-4-7-15(20-2)16(8-11)21-3/h4-10,19H,1-3H3. The monoisotopic (exact) mass is 369 g/mol. The highest BCUT2D eigenvalue weighted by Crippen LogP contribution is 2.32. The average Bonchev–Trinajstić information content (AvgIpc) is 2.50. The fourth-order valence-corrected chi connectivity index (χ4v) is 2.47. The molecule has 0 aliphatic rings. The van der Waals surface area contributed by atoms with Crippen LogP contribution in [0.3, 0.4) is 0 Å². The van der Waals surface area contributed by atoms with Gasteiger partial charge in [0.15, 0.2) is 11.5 Å². The van der Waals surface area contributed by atoms with Crippen LogP contribution in [0.4, 0.5) is 5.69 Å². The van der Waals surface area contributed by atoms with Crippen molar-refractivity contribution in [3.05, 3.63) is 51.5 Å². The fraction of sp³-hybridized carbons (Fsp3) is 0.250. The van der Waals surface area contributed by atoms with Crippen molar-refractivity contribution in [2.24, 2.45) is 0 Å². The highest BCUT2D eigenvalue weighted by molar-refractivity contribution is 9.10. The van der Waals surface area contributed by atoms with E-state index < -0.39 is 0 Å². The van der Waals surface area contributed by atoms with Crippen LogP contribution in [0.15, 0.2) is 40.9 Å². The third-order valence-electron chi connectivity index (χ3n) is 3.21. The summed E-state index contributed by atoms with van der Waals surface area (Å²) in [5.41, 5.74) is 2.07. The Bertz CT molecular complexity index is 634. The number of ether oxygens (including phenoxy) is 2. The summed E-state index contributed by atoms with van der Waals surface area (Å²) in [5.74, 6) is 1.44. The van der Waals surface area contributed by atoms with Crippen molar-refractivity contribution < 1.29 is 9.47 Å². The molecule has 0 aromatic heterocycles. The van der Waals surface area contributed by atoms with Crippen molar-refractivity contribution >= 4 is 33.2 Å². The summed E-state index contributed by atoms with van der Waals surface area (Å²) in [6.07, 6.45) is 0. The van der Waals surface area contributed by atoms with Gasteiger partial charge in [0.05, 0.1) is 19.2 Å². The van der Waals surface area contributed by atoms with Gasteiger partial charge in [0.2, 0.25) is 0 Å². The van der Waals surface area contributed by atoms with Gasteiger partial charge in [-0.2, -0.15) is 0 Å². The molecule has 0 saturated carbocycles. The normalized spacial score (nSPS) is 11.9. The molecule has 0 saturated heterocycles. The van der Waals surface area contributed by atoms with Gasteiger partial charge >= 0.3 is 0 Å². The van der Waals surface area contributed by atoms with Gasteiger partial charge in [0.25, 0.3) is 0 Å².